The Hall–Kier alpha value is -0.780. The number of hydrogen-bond acceptors (Lipinski definition) is 13. The number of rotatable bonds is 21. The second-order valence-electron chi connectivity index (χ2n) is 11.7. The molecule has 10 N–H and O–H groups in total. The predicted molar refractivity (Wildman–Crippen MR) is 157 cm³/mol. The third kappa shape index (κ3) is 12.5. The van der Waals surface area contributed by atoms with Gasteiger partial charge in [0.15, 0.2) is 12.6 Å². The first-order valence-electron chi connectivity index (χ1n) is 16.0. The van der Waals surface area contributed by atoms with Crippen LogP contribution in [0.15, 0.2) is 12.2 Å². The SMILES string of the molecule is CCCCCCCCCCCCCC=C[C@@H](O)[C@@H](N)CO[C@@H]1O[C@H](CO)[C@@H](O[C@@H]2O[C@H](CO)[C@H](O)[C@H](O)[C@H]2O)[C@H](O)[C@H]1O. The minimum absolute atomic E-state index is 0.227. The van der Waals surface area contributed by atoms with Crippen molar-refractivity contribution in [3.63, 3.8) is 0 Å². The lowest BCUT2D eigenvalue weighted by Crippen LogP contribution is -2.64. The first kappa shape index (κ1) is 38.4. The smallest absolute Gasteiger partial charge is 0.187 e. The number of nitrogens with two attached hydrogens (primary N) is 1. The molecule has 0 aromatic heterocycles. The normalized spacial score (nSPS) is 34.9. The van der Waals surface area contributed by atoms with Crippen molar-refractivity contribution in [3.05, 3.63) is 12.2 Å². The van der Waals surface area contributed by atoms with Crippen LogP contribution in [0, 0.1) is 0 Å². The average Bonchev–Trinajstić information content (AvgIpc) is 3.01. The summed E-state index contributed by atoms with van der Waals surface area (Å²) in [5, 5.41) is 81.0. The van der Waals surface area contributed by atoms with E-state index in [0.29, 0.717) is 0 Å². The van der Waals surface area contributed by atoms with E-state index < -0.39 is 86.8 Å². The van der Waals surface area contributed by atoms with Crippen molar-refractivity contribution >= 4 is 0 Å². The van der Waals surface area contributed by atoms with E-state index in [9.17, 15) is 40.9 Å². The molecule has 0 spiro atoms. The summed E-state index contributed by atoms with van der Waals surface area (Å²) < 4.78 is 21.9. The van der Waals surface area contributed by atoms with E-state index in [1.54, 1.807) is 6.08 Å². The summed E-state index contributed by atoms with van der Waals surface area (Å²) in [5.41, 5.74) is 6.04. The molecule has 0 aromatic carbocycles. The molecule has 2 saturated heterocycles. The maximum atomic E-state index is 10.7. The van der Waals surface area contributed by atoms with Gasteiger partial charge in [-0.1, -0.05) is 83.3 Å². The van der Waals surface area contributed by atoms with Gasteiger partial charge >= 0.3 is 0 Å². The summed E-state index contributed by atoms with van der Waals surface area (Å²) in [7, 11) is 0. The molecule has 0 amide bonds. The minimum Gasteiger partial charge on any atom is -0.394 e. The first-order valence-corrected chi connectivity index (χ1v) is 16.0. The maximum Gasteiger partial charge on any atom is 0.187 e. The Kier molecular flexibility index (Phi) is 18.8. The minimum atomic E-state index is -1.75. The Labute approximate surface area is 255 Å². The summed E-state index contributed by atoms with van der Waals surface area (Å²) >= 11 is 0. The maximum absolute atomic E-state index is 10.7. The van der Waals surface area contributed by atoms with Crippen LogP contribution in [0.3, 0.4) is 0 Å². The van der Waals surface area contributed by atoms with Crippen molar-refractivity contribution in [2.75, 3.05) is 19.8 Å². The van der Waals surface area contributed by atoms with Gasteiger partial charge in [0.2, 0.25) is 0 Å². The molecule has 43 heavy (non-hydrogen) atoms. The van der Waals surface area contributed by atoms with Gasteiger partial charge in [0.25, 0.3) is 0 Å². The molecule has 0 saturated carbocycles. The third-order valence-corrected chi connectivity index (χ3v) is 8.16. The van der Waals surface area contributed by atoms with E-state index in [2.05, 4.69) is 6.92 Å². The quantitative estimate of drug-likeness (QED) is 0.0585. The zero-order valence-electron chi connectivity index (χ0n) is 25.5. The van der Waals surface area contributed by atoms with Crippen molar-refractivity contribution in [1.82, 2.24) is 0 Å². The Balaban J connectivity index is 1.70. The van der Waals surface area contributed by atoms with Gasteiger partial charge in [-0.05, 0) is 12.8 Å². The molecule has 0 bridgehead atoms. The molecule has 254 valence electrons. The Morgan fingerprint density at radius 1 is 0.698 bits per heavy atom. The number of allylic oxidation sites excluding steroid dienone is 1. The van der Waals surface area contributed by atoms with Gasteiger partial charge in [0.05, 0.1) is 32.0 Å². The lowest BCUT2D eigenvalue weighted by molar-refractivity contribution is -0.359. The van der Waals surface area contributed by atoms with E-state index in [1.807, 2.05) is 6.08 Å². The van der Waals surface area contributed by atoms with Crippen LogP contribution < -0.4 is 5.73 Å². The number of unbranched alkanes of at least 4 members (excludes halogenated alkanes) is 11. The van der Waals surface area contributed by atoms with E-state index in [-0.39, 0.29) is 6.61 Å². The molecule has 0 unspecified atom stereocenters. The topological polar surface area (TPSA) is 225 Å². The number of aliphatic hydroxyl groups excluding tert-OH is 8. The van der Waals surface area contributed by atoms with Gasteiger partial charge < -0.3 is 65.5 Å². The van der Waals surface area contributed by atoms with Crippen LogP contribution in [-0.4, -0.2) is 134 Å². The molecular weight excluding hydrogens is 566 g/mol. The fourth-order valence-corrected chi connectivity index (χ4v) is 5.30. The Morgan fingerprint density at radius 2 is 1.23 bits per heavy atom. The van der Waals surface area contributed by atoms with Crippen LogP contribution in [0.4, 0.5) is 0 Å². The van der Waals surface area contributed by atoms with Crippen LogP contribution in [0.1, 0.15) is 84.0 Å². The largest absolute Gasteiger partial charge is 0.394 e. The summed E-state index contributed by atoms with van der Waals surface area (Å²) in [6, 6.07) is -0.850. The van der Waals surface area contributed by atoms with Gasteiger partial charge in [-0.25, -0.2) is 0 Å². The summed E-state index contributed by atoms with van der Waals surface area (Å²) in [6.07, 6.45) is 1.80. The number of ether oxygens (including phenoxy) is 4. The van der Waals surface area contributed by atoms with Crippen LogP contribution in [0.25, 0.3) is 0 Å². The van der Waals surface area contributed by atoms with Crippen LogP contribution in [-0.2, 0) is 18.9 Å². The zero-order valence-corrected chi connectivity index (χ0v) is 25.5. The van der Waals surface area contributed by atoms with Crippen molar-refractivity contribution < 1.29 is 59.8 Å². The Bertz CT molecular complexity index is 744. The lowest BCUT2D eigenvalue weighted by atomic mass is 9.97. The second-order valence-corrected chi connectivity index (χ2v) is 11.7. The van der Waals surface area contributed by atoms with E-state index in [0.717, 1.165) is 19.3 Å². The predicted octanol–water partition coefficient (Wildman–Crippen LogP) is -0.427. The molecule has 2 rings (SSSR count). The number of aliphatic hydroxyl groups is 8. The lowest BCUT2D eigenvalue weighted by Gasteiger charge is -2.46. The van der Waals surface area contributed by atoms with Crippen molar-refractivity contribution in [2.45, 2.75) is 158 Å². The molecule has 2 fully saturated rings. The molecule has 0 radical (unpaired) electrons. The molecule has 13 nitrogen and oxygen atoms in total. The van der Waals surface area contributed by atoms with Gasteiger partial charge in [0.1, 0.15) is 48.8 Å². The van der Waals surface area contributed by atoms with E-state index in [1.165, 1.54) is 57.8 Å². The van der Waals surface area contributed by atoms with Gasteiger partial charge in [0, 0.05) is 0 Å². The van der Waals surface area contributed by atoms with Crippen LogP contribution >= 0.6 is 0 Å². The highest BCUT2D eigenvalue weighted by atomic mass is 16.7. The highest BCUT2D eigenvalue weighted by molar-refractivity contribution is 4.96. The summed E-state index contributed by atoms with van der Waals surface area (Å²) in [6.45, 7) is 0.641. The molecule has 2 aliphatic heterocycles. The van der Waals surface area contributed by atoms with Crippen molar-refractivity contribution in [2.24, 2.45) is 5.73 Å². The highest BCUT2D eigenvalue weighted by Gasteiger charge is 2.50. The molecule has 0 aromatic rings. The third-order valence-electron chi connectivity index (χ3n) is 8.16. The van der Waals surface area contributed by atoms with Gasteiger partial charge in [-0.2, -0.15) is 0 Å². The van der Waals surface area contributed by atoms with E-state index >= 15 is 0 Å². The number of hydrogen-bond donors (Lipinski definition) is 9. The Morgan fingerprint density at radius 3 is 1.81 bits per heavy atom. The highest BCUT2D eigenvalue weighted by Crippen LogP contribution is 2.29. The van der Waals surface area contributed by atoms with E-state index in [4.69, 9.17) is 24.7 Å². The van der Waals surface area contributed by atoms with Crippen LogP contribution in [0.2, 0.25) is 0 Å². The fourth-order valence-electron chi connectivity index (χ4n) is 5.30. The standard InChI is InChI=1S/C30H57NO12/c1-2-3-4-5-6-7-8-9-10-11-12-13-14-15-20(34)19(31)18-40-29-27(39)25(37)28(22(17-33)42-29)43-30-26(38)24(36)23(35)21(16-32)41-30/h14-15,19-30,32-39H,2-13,16-18,31H2,1H3/t19-,20+,21+,22+,23-,24-,25+,26+,27+,28+,29+,30-/m0/s1. The van der Waals surface area contributed by atoms with Crippen molar-refractivity contribution in [1.29, 1.82) is 0 Å². The summed E-state index contributed by atoms with van der Waals surface area (Å²) in [5.74, 6) is 0. The molecule has 2 heterocycles. The molecule has 2 aliphatic rings. The molecule has 13 heteroatoms. The zero-order chi connectivity index (χ0) is 31.8. The fraction of sp³-hybridized carbons (Fsp3) is 0.933. The molecular formula is C30H57NO12. The van der Waals surface area contributed by atoms with Gasteiger partial charge in [-0.15, -0.1) is 0 Å². The van der Waals surface area contributed by atoms with Crippen molar-refractivity contribution in [3.8, 4) is 0 Å². The molecule has 0 aliphatic carbocycles. The second kappa shape index (κ2) is 21.1. The average molecular weight is 624 g/mol. The molecule has 12 atom stereocenters. The first-order chi connectivity index (χ1) is 20.7. The van der Waals surface area contributed by atoms with Crippen LogP contribution in [0.5, 0.6) is 0 Å². The van der Waals surface area contributed by atoms with Gasteiger partial charge in [-0.3, -0.25) is 0 Å². The summed E-state index contributed by atoms with van der Waals surface area (Å²) in [4.78, 5) is 0. The monoisotopic (exact) mass is 623 g/mol.